The molecule has 4 rings (SSSR count). The van der Waals surface area contributed by atoms with E-state index in [9.17, 15) is 0 Å². The topological polar surface area (TPSA) is 24.9 Å². The van der Waals surface area contributed by atoms with E-state index in [2.05, 4.69) is 96.1 Å². The quantitative estimate of drug-likeness (QED) is 0.472. The van der Waals surface area contributed by atoms with E-state index < -0.39 is 0 Å². The maximum absolute atomic E-state index is 4.41. The van der Waals surface area contributed by atoms with Gasteiger partial charge in [-0.3, -0.25) is 4.98 Å². The summed E-state index contributed by atoms with van der Waals surface area (Å²) in [6.45, 7) is 5.07. The van der Waals surface area contributed by atoms with Crippen LogP contribution in [0.2, 0.25) is 0 Å². The van der Waals surface area contributed by atoms with Crippen molar-refractivity contribution >= 4 is 10.8 Å². The van der Waals surface area contributed by atoms with Gasteiger partial charge in [-0.2, -0.15) is 0 Å². The summed E-state index contributed by atoms with van der Waals surface area (Å²) in [4.78, 5) is 4.41. The van der Waals surface area contributed by atoms with Crippen molar-refractivity contribution in [2.24, 2.45) is 0 Å². The summed E-state index contributed by atoms with van der Waals surface area (Å²) < 4.78 is 0. The highest BCUT2D eigenvalue weighted by Gasteiger charge is 2.07. The van der Waals surface area contributed by atoms with Crippen molar-refractivity contribution in [3.05, 3.63) is 102 Å². The molecule has 0 bridgehead atoms. The number of fused-ring (bicyclic) bond motifs is 1. The molecule has 2 heteroatoms. The van der Waals surface area contributed by atoms with E-state index >= 15 is 0 Å². The molecule has 1 heterocycles. The number of benzene rings is 3. The lowest BCUT2D eigenvalue weighted by molar-refractivity contribution is 0.575. The molecular formula is C25H24N2. The van der Waals surface area contributed by atoms with Crippen molar-refractivity contribution < 1.29 is 0 Å². The Morgan fingerprint density at radius 1 is 0.815 bits per heavy atom. The van der Waals surface area contributed by atoms with Gasteiger partial charge in [0.1, 0.15) is 0 Å². The zero-order valence-corrected chi connectivity index (χ0v) is 15.8. The fourth-order valence-corrected chi connectivity index (χ4v) is 3.37. The number of nitrogens with zero attached hydrogens (tertiary/aromatic N) is 1. The smallest absolute Gasteiger partial charge is 0.0373 e. The molecule has 1 N–H and O–H groups in total. The molecule has 0 radical (unpaired) electrons. The van der Waals surface area contributed by atoms with Crippen molar-refractivity contribution in [2.75, 3.05) is 0 Å². The number of rotatable bonds is 5. The first-order chi connectivity index (χ1) is 13.2. The second-order valence-electron chi connectivity index (χ2n) is 7.10. The van der Waals surface area contributed by atoms with Crippen molar-refractivity contribution in [1.82, 2.24) is 10.3 Å². The number of aryl methyl sites for hydroxylation is 1. The minimum Gasteiger partial charge on any atom is -0.306 e. The summed E-state index contributed by atoms with van der Waals surface area (Å²) in [5.74, 6) is 0. The second kappa shape index (κ2) is 7.73. The molecule has 0 fully saturated rings. The molecule has 0 saturated heterocycles. The zero-order valence-electron chi connectivity index (χ0n) is 15.8. The third kappa shape index (κ3) is 4.07. The monoisotopic (exact) mass is 352 g/mol. The van der Waals surface area contributed by atoms with Crippen LogP contribution in [0.3, 0.4) is 0 Å². The minimum atomic E-state index is 0.291. The van der Waals surface area contributed by atoms with Gasteiger partial charge in [-0.05, 0) is 59.5 Å². The number of hydrogen-bond donors (Lipinski definition) is 1. The third-order valence-electron chi connectivity index (χ3n) is 5.06. The normalized spacial score (nSPS) is 12.2. The van der Waals surface area contributed by atoms with E-state index in [0.717, 1.165) is 17.8 Å². The Hall–Kier alpha value is -2.97. The zero-order chi connectivity index (χ0) is 18.6. The van der Waals surface area contributed by atoms with E-state index in [0.29, 0.717) is 6.04 Å². The van der Waals surface area contributed by atoms with Gasteiger partial charge >= 0.3 is 0 Å². The molecule has 1 atom stereocenters. The lowest BCUT2D eigenvalue weighted by Crippen LogP contribution is -2.18. The summed E-state index contributed by atoms with van der Waals surface area (Å²) in [7, 11) is 0. The van der Waals surface area contributed by atoms with E-state index in [4.69, 9.17) is 0 Å². The molecule has 4 aromatic rings. The van der Waals surface area contributed by atoms with Crippen LogP contribution in [-0.2, 0) is 6.54 Å². The van der Waals surface area contributed by atoms with Crippen LogP contribution in [0, 0.1) is 6.92 Å². The molecule has 1 unspecified atom stereocenters. The van der Waals surface area contributed by atoms with Crippen molar-refractivity contribution in [1.29, 1.82) is 0 Å². The third-order valence-corrected chi connectivity index (χ3v) is 5.06. The van der Waals surface area contributed by atoms with E-state index in [1.807, 2.05) is 13.1 Å². The van der Waals surface area contributed by atoms with Crippen LogP contribution >= 0.6 is 0 Å². The molecule has 0 saturated carbocycles. The summed E-state index contributed by atoms with van der Waals surface area (Å²) >= 11 is 0. The highest BCUT2D eigenvalue weighted by molar-refractivity contribution is 5.83. The number of hydrogen-bond acceptors (Lipinski definition) is 2. The molecule has 0 spiro atoms. The van der Waals surface area contributed by atoms with Gasteiger partial charge in [-0.1, -0.05) is 60.7 Å². The molecule has 134 valence electrons. The molecule has 0 aliphatic heterocycles. The summed E-state index contributed by atoms with van der Waals surface area (Å²) in [5, 5.41) is 6.23. The predicted molar refractivity (Wildman–Crippen MR) is 114 cm³/mol. The summed E-state index contributed by atoms with van der Waals surface area (Å²) in [6.07, 6.45) is 1.94. The molecule has 3 aromatic carbocycles. The molecule has 27 heavy (non-hydrogen) atoms. The van der Waals surface area contributed by atoms with Gasteiger partial charge in [0.2, 0.25) is 0 Å². The highest BCUT2D eigenvalue weighted by atomic mass is 14.9. The van der Waals surface area contributed by atoms with E-state index in [1.54, 1.807) is 0 Å². The molecule has 0 aliphatic carbocycles. The van der Waals surface area contributed by atoms with Gasteiger partial charge in [-0.15, -0.1) is 0 Å². The Morgan fingerprint density at radius 2 is 1.67 bits per heavy atom. The SMILES string of the molecule is Cc1ccc(-c2cccc(CNC(C)c3ccc4ccccc4c3)c2)cn1. The number of aromatic nitrogens is 1. The molecular weight excluding hydrogens is 328 g/mol. The predicted octanol–water partition coefficient (Wildman–Crippen LogP) is 6.06. The molecule has 0 aliphatic rings. The first kappa shape index (κ1) is 17.4. The Bertz CT molecular complexity index is 1050. The molecule has 2 nitrogen and oxygen atoms in total. The Labute approximate surface area is 160 Å². The first-order valence-corrected chi connectivity index (χ1v) is 9.43. The second-order valence-corrected chi connectivity index (χ2v) is 7.10. The van der Waals surface area contributed by atoms with Crippen LogP contribution in [0.5, 0.6) is 0 Å². The molecule has 1 aromatic heterocycles. The van der Waals surface area contributed by atoms with E-state index in [-0.39, 0.29) is 0 Å². The standard InChI is InChI=1S/C25H24N2/c1-18-10-11-25(17-26-18)23-9-5-6-20(14-23)16-27-19(2)22-13-12-21-7-3-4-8-24(21)15-22/h3-15,17,19,27H,16H2,1-2H3. The highest BCUT2D eigenvalue weighted by Crippen LogP contribution is 2.22. The summed E-state index contributed by atoms with van der Waals surface area (Å²) in [5.41, 5.74) is 6.00. The number of nitrogens with one attached hydrogen (secondary N) is 1. The Balaban J connectivity index is 1.47. The molecule has 0 amide bonds. The van der Waals surface area contributed by atoms with Crippen molar-refractivity contribution in [2.45, 2.75) is 26.4 Å². The van der Waals surface area contributed by atoms with Gasteiger partial charge < -0.3 is 5.32 Å². The maximum atomic E-state index is 4.41. The van der Waals surface area contributed by atoms with Crippen LogP contribution in [0.15, 0.2) is 85.1 Å². The summed E-state index contributed by atoms with van der Waals surface area (Å²) in [6, 6.07) is 28.4. The van der Waals surface area contributed by atoms with Gasteiger partial charge in [0.05, 0.1) is 0 Å². The van der Waals surface area contributed by atoms with Gasteiger partial charge in [0, 0.05) is 30.0 Å². The van der Waals surface area contributed by atoms with Crippen molar-refractivity contribution in [3.8, 4) is 11.1 Å². The maximum Gasteiger partial charge on any atom is 0.0373 e. The van der Waals surface area contributed by atoms with Crippen molar-refractivity contribution in [3.63, 3.8) is 0 Å². The van der Waals surface area contributed by atoms with Crippen LogP contribution < -0.4 is 5.32 Å². The van der Waals surface area contributed by atoms with E-state index in [1.165, 1.54) is 27.5 Å². The van der Waals surface area contributed by atoms with Crippen LogP contribution in [0.25, 0.3) is 21.9 Å². The lowest BCUT2D eigenvalue weighted by atomic mass is 10.0. The van der Waals surface area contributed by atoms with Gasteiger partial charge in [0.15, 0.2) is 0 Å². The fourth-order valence-electron chi connectivity index (χ4n) is 3.37. The number of pyridine rings is 1. The minimum absolute atomic E-state index is 0.291. The lowest BCUT2D eigenvalue weighted by Gasteiger charge is -2.15. The Kier molecular flexibility index (Phi) is 4.99. The van der Waals surface area contributed by atoms with Crippen LogP contribution in [-0.4, -0.2) is 4.98 Å². The fraction of sp³-hybridized carbons (Fsp3) is 0.160. The first-order valence-electron chi connectivity index (χ1n) is 9.43. The van der Waals surface area contributed by atoms with Gasteiger partial charge in [0.25, 0.3) is 0 Å². The van der Waals surface area contributed by atoms with Crippen LogP contribution in [0.4, 0.5) is 0 Å². The largest absolute Gasteiger partial charge is 0.306 e. The van der Waals surface area contributed by atoms with Crippen LogP contribution in [0.1, 0.15) is 29.8 Å². The average Bonchev–Trinajstić information content (AvgIpc) is 2.72. The van der Waals surface area contributed by atoms with Gasteiger partial charge in [-0.25, -0.2) is 0 Å². The Morgan fingerprint density at radius 3 is 2.48 bits per heavy atom. The average molecular weight is 352 g/mol.